The topological polar surface area (TPSA) is 101 Å². The summed E-state index contributed by atoms with van der Waals surface area (Å²) >= 11 is 0. The molecule has 5 aromatic rings. The lowest BCUT2D eigenvalue weighted by Crippen LogP contribution is -2.15. The minimum atomic E-state index is -4.74. The van der Waals surface area contributed by atoms with Gasteiger partial charge in [0.15, 0.2) is 0 Å². The average molecular weight is 584 g/mol. The van der Waals surface area contributed by atoms with Gasteiger partial charge in [0.25, 0.3) is 0 Å². The summed E-state index contributed by atoms with van der Waals surface area (Å²) in [6, 6.07) is 30.6. The minimum Gasteiger partial charge on any atom is -0.744 e. The van der Waals surface area contributed by atoms with Crippen molar-refractivity contribution < 1.29 is 25.6 Å². The lowest BCUT2D eigenvalue weighted by Gasteiger charge is -2.21. The molecule has 0 radical (unpaired) electrons. The fourth-order valence-electron chi connectivity index (χ4n) is 5.76. The van der Waals surface area contributed by atoms with Crippen molar-refractivity contribution in [3.63, 3.8) is 0 Å². The maximum Gasteiger partial charge on any atom is 0.340 e. The van der Waals surface area contributed by atoms with Crippen LogP contribution in [0.1, 0.15) is 30.4 Å². The van der Waals surface area contributed by atoms with Gasteiger partial charge in [-0.25, -0.2) is 8.42 Å². The molecule has 0 bridgehead atoms. The van der Waals surface area contributed by atoms with E-state index < -0.39 is 20.2 Å². The molecule has 0 aliphatic heterocycles. The van der Waals surface area contributed by atoms with E-state index in [4.69, 9.17) is 4.18 Å². The molecule has 0 aromatic heterocycles. The number of benzene rings is 5. The van der Waals surface area contributed by atoms with E-state index in [1.165, 1.54) is 12.1 Å². The summed E-state index contributed by atoms with van der Waals surface area (Å²) in [5.74, 6) is 0.0560. The van der Waals surface area contributed by atoms with Crippen LogP contribution < -0.4 is 4.18 Å². The first-order valence-corrected chi connectivity index (χ1v) is 16.3. The standard InChI is InChI=1S/C33H28O6S2/c34-40(35,36)31-21-20-30(27-18-8-3-9-19-28(27)31)39-41(37,38)33-29(23-12-4-1-5-13-23)22-25-16-10-11-17-26(25)32(33)24-14-6-2-7-15-24/h1-2,4-7,10-17,20-22H,3,8-9,18-19H2,(H,34,35,36)/p-1. The molecule has 0 saturated heterocycles. The summed E-state index contributed by atoms with van der Waals surface area (Å²) in [7, 11) is -9.22. The Morgan fingerprint density at radius 1 is 0.634 bits per heavy atom. The highest BCUT2D eigenvalue weighted by atomic mass is 32.2. The molecular formula is C33H27O6S2-. The molecule has 8 heteroatoms. The molecular weight excluding hydrogens is 556 g/mol. The Morgan fingerprint density at radius 3 is 1.93 bits per heavy atom. The van der Waals surface area contributed by atoms with E-state index in [1.54, 1.807) is 0 Å². The summed E-state index contributed by atoms with van der Waals surface area (Å²) < 4.78 is 71.1. The van der Waals surface area contributed by atoms with Crippen LogP contribution in [-0.2, 0) is 33.1 Å². The fourth-order valence-corrected chi connectivity index (χ4v) is 7.92. The lowest BCUT2D eigenvalue weighted by atomic mass is 9.93. The van der Waals surface area contributed by atoms with Gasteiger partial charge in [-0.2, -0.15) is 8.42 Å². The Balaban J connectivity index is 1.63. The third-order valence-electron chi connectivity index (χ3n) is 7.57. The highest BCUT2D eigenvalue weighted by Crippen LogP contribution is 2.43. The van der Waals surface area contributed by atoms with Crippen molar-refractivity contribution in [1.82, 2.24) is 0 Å². The van der Waals surface area contributed by atoms with E-state index in [-0.39, 0.29) is 15.5 Å². The van der Waals surface area contributed by atoms with Crippen molar-refractivity contribution in [3.8, 4) is 28.0 Å². The van der Waals surface area contributed by atoms with E-state index in [9.17, 15) is 21.4 Å². The van der Waals surface area contributed by atoms with E-state index >= 15 is 0 Å². The summed E-state index contributed by atoms with van der Waals surface area (Å²) in [4.78, 5) is -0.281. The van der Waals surface area contributed by atoms with Gasteiger partial charge in [-0.05, 0) is 71.3 Å². The molecule has 0 N–H and O–H groups in total. The van der Waals surface area contributed by atoms with E-state index in [0.717, 1.165) is 29.2 Å². The first kappa shape index (κ1) is 27.2. The molecule has 0 amide bonds. The van der Waals surface area contributed by atoms with Gasteiger partial charge >= 0.3 is 10.1 Å². The van der Waals surface area contributed by atoms with Crippen LogP contribution in [0.15, 0.2) is 113 Å². The molecule has 6 rings (SSSR count). The van der Waals surface area contributed by atoms with Crippen molar-refractivity contribution in [3.05, 3.63) is 114 Å². The predicted molar refractivity (Wildman–Crippen MR) is 158 cm³/mol. The second kappa shape index (κ2) is 10.8. The van der Waals surface area contributed by atoms with Crippen LogP contribution in [0.2, 0.25) is 0 Å². The molecule has 0 saturated carbocycles. The van der Waals surface area contributed by atoms with E-state index in [0.29, 0.717) is 47.1 Å². The van der Waals surface area contributed by atoms with Gasteiger partial charge in [-0.3, -0.25) is 0 Å². The summed E-state index contributed by atoms with van der Waals surface area (Å²) in [6.45, 7) is 0. The van der Waals surface area contributed by atoms with Gasteiger partial charge in [0, 0.05) is 16.7 Å². The van der Waals surface area contributed by atoms with Gasteiger partial charge in [-0.1, -0.05) is 91.3 Å². The first-order chi connectivity index (χ1) is 19.7. The molecule has 208 valence electrons. The van der Waals surface area contributed by atoms with Crippen LogP contribution in [0, 0.1) is 0 Å². The van der Waals surface area contributed by atoms with Gasteiger partial charge in [0.2, 0.25) is 0 Å². The normalized spacial score (nSPS) is 13.9. The molecule has 0 unspecified atom stereocenters. The molecule has 0 fully saturated rings. The minimum absolute atomic E-state index is 0.0245. The van der Waals surface area contributed by atoms with Crippen LogP contribution in [0.4, 0.5) is 0 Å². The maximum absolute atomic E-state index is 14.5. The van der Waals surface area contributed by atoms with Crippen LogP contribution in [0.3, 0.4) is 0 Å². The average Bonchev–Trinajstić information content (AvgIpc) is 3.23. The summed E-state index contributed by atoms with van der Waals surface area (Å²) in [5, 5.41) is 1.63. The van der Waals surface area contributed by atoms with Crippen molar-refractivity contribution in [2.45, 2.75) is 41.9 Å². The number of hydrogen-bond acceptors (Lipinski definition) is 6. The van der Waals surface area contributed by atoms with Gasteiger partial charge < -0.3 is 8.74 Å². The molecule has 5 aromatic carbocycles. The third-order valence-corrected chi connectivity index (χ3v) is 9.81. The Morgan fingerprint density at radius 2 is 1.24 bits per heavy atom. The molecule has 1 aliphatic rings. The van der Waals surface area contributed by atoms with Crippen LogP contribution in [0.5, 0.6) is 5.75 Å². The second-order valence-electron chi connectivity index (χ2n) is 10.2. The van der Waals surface area contributed by atoms with Crippen LogP contribution in [-0.4, -0.2) is 21.4 Å². The zero-order chi connectivity index (χ0) is 28.6. The predicted octanol–water partition coefficient (Wildman–Crippen LogP) is 7.11. The molecule has 0 atom stereocenters. The Labute approximate surface area is 240 Å². The largest absolute Gasteiger partial charge is 0.744 e. The zero-order valence-electron chi connectivity index (χ0n) is 22.1. The van der Waals surface area contributed by atoms with Gasteiger partial charge in [-0.15, -0.1) is 0 Å². The Bertz CT molecular complexity index is 1970. The Hall–Kier alpha value is -3.98. The van der Waals surface area contributed by atoms with Crippen molar-refractivity contribution in [2.24, 2.45) is 0 Å². The zero-order valence-corrected chi connectivity index (χ0v) is 23.7. The molecule has 41 heavy (non-hydrogen) atoms. The quantitative estimate of drug-likeness (QED) is 0.120. The maximum atomic E-state index is 14.5. The SMILES string of the molecule is O=S(=O)([O-])c1ccc(OS(=O)(=O)c2c(-c3ccccc3)cc3ccccc3c2-c2ccccc2)c2c1CCCCC2. The van der Waals surface area contributed by atoms with Gasteiger partial charge in [0.05, 0.1) is 4.90 Å². The number of fused-ring (bicyclic) bond motifs is 2. The van der Waals surface area contributed by atoms with Crippen LogP contribution >= 0.6 is 0 Å². The highest BCUT2D eigenvalue weighted by Gasteiger charge is 2.30. The monoisotopic (exact) mass is 583 g/mol. The van der Waals surface area contributed by atoms with Crippen molar-refractivity contribution in [2.75, 3.05) is 0 Å². The molecule has 6 nitrogen and oxygen atoms in total. The van der Waals surface area contributed by atoms with Gasteiger partial charge in [0.1, 0.15) is 20.8 Å². The molecule has 0 heterocycles. The lowest BCUT2D eigenvalue weighted by molar-refractivity contribution is 0.461. The second-order valence-corrected chi connectivity index (χ2v) is 13.0. The number of rotatable bonds is 6. The molecule has 1 aliphatic carbocycles. The summed E-state index contributed by atoms with van der Waals surface area (Å²) in [5.41, 5.74) is 3.27. The number of hydrogen-bond donors (Lipinski definition) is 0. The van der Waals surface area contributed by atoms with Crippen LogP contribution in [0.25, 0.3) is 33.0 Å². The highest BCUT2D eigenvalue weighted by molar-refractivity contribution is 7.87. The van der Waals surface area contributed by atoms with Crippen molar-refractivity contribution >= 4 is 31.0 Å². The Kier molecular flexibility index (Phi) is 7.15. The van der Waals surface area contributed by atoms with Crippen molar-refractivity contribution in [1.29, 1.82) is 0 Å². The van der Waals surface area contributed by atoms with E-state index in [1.807, 2.05) is 91.0 Å². The smallest absolute Gasteiger partial charge is 0.340 e. The third kappa shape index (κ3) is 5.26. The van der Waals surface area contributed by atoms with E-state index in [2.05, 4.69) is 0 Å². The first-order valence-electron chi connectivity index (χ1n) is 13.5. The fraction of sp³-hybridized carbons (Fsp3) is 0.152. The molecule has 0 spiro atoms. The summed E-state index contributed by atoms with van der Waals surface area (Å²) in [6.07, 6.45) is 3.04.